The van der Waals surface area contributed by atoms with Crippen molar-refractivity contribution in [3.05, 3.63) is 30.0 Å². The molecule has 1 aliphatic carbocycles. The van der Waals surface area contributed by atoms with E-state index in [0.29, 0.717) is 0 Å². The predicted molar refractivity (Wildman–Crippen MR) is 67.1 cm³/mol. The highest BCUT2D eigenvalue weighted by Gasteiger charge is 2.23. The van der Waals surface area contributed by atoms with E-state index >= 15 is 0 Å². The predicted octanol–water partition coefficient (Wildman–Crippen LogP) is 2.55. The molecule has 1 fully saturated rings. The first-order chi connectivity index (χ1) is 8.31. The Morgan fingerprint density at radius 3 is 2.82 bits per heavy atom. The summed E-state index contributed by atoms with van der Waals surface area (Å²) in [5.74, 6) is 1.67. The molecule has 0 spiro atoms. The summed E-state index contributed by atoms with van der Waals surface area (Å²) in [6, 6.07) is 8.14. The Labute approximate surface area is 101 Å². The highest BCUT2D eigenvalue weighted by molar-refractivity contribution is 5.82. The Bertz CT molecular complexity index is 540. The van der Waals surface area contributed by atoms with Crippen molar-refractivity contribution in [3.8, 4) is 5.75 Å². The molecule has 1 N–H and O–H groups in total. The van der Waals surface area contributed by atoms with E-state index in [1.54, 1.807) is 7.11 Å². The van der Waals surface area contributed by atoms with Crippen LogP contribution in [0.2, 0.25) is 0 Å². The number of aromatic nitrogens is 1. The first-order valence-electron chi connectivity index (χ1n) is 6.09. The van der Waals surface area contributed by atoms with E-state index in [4.69, 9.17) is 4.74 Å². The summed E-state index contributed by atoms with van der Waals surface area (Å²) < 4.78 is 7.47. The standard InChI is InChI=1S/C14H17NO2/c1-17-13-4-5-14-11(7-13)6-12(9-16)15(14)8-10-2-3-10/h4-7,10,16H,2-3,8-9H2,1H3. The van der Waals surface area contributed by atoms with Gasteiger partial charge in [-0.2, -0.15) is 0 Å². The number of hydrogen-bond donors (Lipinski definition) is 1. The van der Waals surface area contributed by atoms with Crippen molar-refractivity contribution in [2.75, 3.05) is 7.11 Å². The lowest BCUT2D eigenvalue weighted by molar-refractivity contribution is 0.270. The third-order valence-electron chi connectivity index (χ3n) is 3.49. The van der Waals surface area contributed by atoms with Crippen LogP contribution in [0.25, 0.3) is 10.9 Å². The number of rotatable bonds is 4. The quantitative estimate of drug-likeness (QED) is 0.877. The van der Waals surface area contributed by atoms with Crippen LogP contribution in [0.5, 0.6) is 5.75 Å². The summed E-state index contributed by atoms with van der Waals surface area (Å²) in [5, 5.41) is 10.6. The highest BCUT2D eigenvalue weighted by atomic mass is 16.5. The number of nitrogens with zero attached hydrogens (tertiary/aromatic N) is 1. The number of ether oxygens (including phenoxy) is 1. The fourth-order valence-electron chi connectivity index (χ4n) is 2.34. The number of benzene rings is 1. The SMILES string of the molecule is COc1ccc2c(c1)cc(CO)n2CC1CC1. The van der Waals surface area contributed by atoms with Gasteiger partial charge in [-0.3, -0.25) is 0 Å². The van der Waals surface area contributed by atoms with E-state index in [0.717, 1.165) is 29.3 Å². The minimum Gasteiger partial charge on any atom is -0.497 e. The van der Waals surface area contributed by atoms with Gasteiger partial charge in [-0.1, -0.05) is 0 Å². The number of hydrogen-bond acceptors (Lipinski definition) is 2. The topological polar surface area (TPSA) is 34.4 Å². The molecule has 90 valence electrons. The molecule has 1 aromatic heterocycles. The molecule has 3 nitrogen and oxygen atoms in total. The van der Waals surface area contributed by atoms with Gasteiger partial charge in [0.2, 0.25) is 0 Å². The molecule has 3 heteroatoms. The average Bonchev–Trinajstić information content (AvgIpc) is 3.10. The van der Waals surface area contributed by atoms with Crippen LogP contribution in [-0.4, -0.2) is 16.8 Å². The number of aliphatic hydroxyl groups is 1. The van der Waals surface area contributed by atoms with Gasteiger partial charge in [-0.15, -0.1) is 0 Å². The lowest BCUT2D eigenvalue weighted by Crippen LogP contribution is -2.04. The van der Waals surface area contributed by atoms with Crippen LogP contribution in [-0.2, 0) is 13.2 Å². The van der Waals surface area contributed by atoms with Crippen LogP contribution in [0.3, 0.4) is 0 Å². The van der Waals surface area contributed by atoms with Gasteiger partial charge >= 0.3 is 0 Å². The second kappa shape index (κ2) is 4.08. The smallest absolute Gasteiger partial charge is 0.119 e. The van der Waals surface area contributed by atoms with E-state index in [-0.39, 0.29) is 6.61 Å². The molecule has 0 saturated heterocycles. The number of methoxy groups -OCH3 is 1. The van der Waals surface area contributed by atoms with Crippen LogP contribution in [0.1, 0.15) is 18.5 Å². The number of aliphatic hydroxyl groups excluding tert-OH is 1. The fourth-order valence-corrected chi connectivity index (χ4v) is 2.34. The molecular formula is C14H17NO2. The van der Waals surface area contributed by atoms with Crippen molar-refractivity contribution in [1.29, 1.82) is 0 Å². The van der Waals surface area contributed by atoms with Gasteiger partial charge in [-0.25, -0.2) is 0 Å². The van der Waals surface area contributed by atoms with Gasteiger partial charge in [0.1, 0.15) is 5.75 Å². The summed E-state index contributed by atoms with van der Waals surface area (Å²) in [6.45, 7) is 1.13. The summed E-state index contributed by atoms with van der Waals surface area (Å²) in [5.41, 5.74) is 2.20. The lowest BCUT2D eigenvalue weighted by Gasteiger charge is -2.08. The van der Waals surface area contributed by atoms with Gasteiger partial charge in [0.05, 0.1) is 13.7 Å². The van der Waals surface area contributed by atoms with Gasteiger partial charge in [0.15, 0.2) is 0 Å². The first-order valence-corrected chi connectivity index (χ1v) is 6.09. The number of fused-ring (bicyclic) bond motifs is 1. The zero-order valence-electron chi connectivity index (χ0n) is 10.0. The Kier molecular flexibility index (Phi) is 2.56. The highest BCUT2D eigenvalue weighted by Crippen LogP contribution is 2.33. The Morgan fingerprint density at radius 1 is 1.35 bits per heavy atom. The largest absolute Gasteiger partial charge is 0.497 e. The second-order valence-corrected chi connectivity index (χ2v) is 4.77. The van der Waals surface area contributed by atoms with Crippen molar-refractivity contribution in [2.45, 2.75) is 26.0 Å². The zero-order valence-corrected chi connectivity index (χ0v) is 10.0. The average molecular weight is 231 g/mol. The summed E-state index contributed by atoms with van der Waals surface area (Å²) in [6.07, 6.45) is 2.64. The van der Waals surface area contributed by atoms with E-state index in [9.17, 15) is 5.11 Å². The molecule has 0 aliphatic heterocycles. The Balaban J connectivity index is 2.09. The van der Waals surface area contributed by atoms with Crippen molar-refractivity contribution < 1.29 is 9.84 Å². The van der Waals surface area contributed by atoms with Crippen LogP contribution in [0.4, 0.5) is 0 Å². The minimum atomic E-state index is 0.101. The maximum atomic E-state index is 9.43. The van der Waals surface area contributed by atoms with Crippen LogP contribution < -0.4 is 4.74 Å². The third kappa shape index (κ3) is 1.91. The van der Waals surface area contributed by atoms with Crippen molar-refractivity contribution >= 4 is 10.9 Å². The van der Waals surface area contributed by atoms with Crippen LogP contribution in [0, 0.1) is 5.92 Å². The van der Waals surface area contributed by atoms with E-state index in [1.165, 1.54) is 18.4 Å². The molecule has 0 amide bonds. The van der Waals surface area contributed by atoms with E-state index in [2.05, 4.69) is 16.7 Å². The molecule has 17 heavy (non-hydrogen) atoms. The molecule has 2 aromatic rings. The Hall–Kier alpha value is -1.48. The molecule has 1 saturated carbocycles. The Morgan fingerprint density at radius 2 is 2.18 bits per heavy atom. The molecule has 3 rings (SSSR count). The van der Waals surface area contributed by atoms with Crippen molar-refractivity contribution in [1.82, 2.24) is 4.57 Å². The molecule has 0 unspecified atom stereocenters. The van der Waals surface area contributed by atoms with Gasteiger partial charge in [0, 0.05) is 23.1 Å². The van der Waals surface area contributed by atoms with Gasteiger partial charge in [-0.05, 0) is 43.0 Å². The van der Waals surface area contributed by atoms with Gasteiger partial charge < -0.3 is 14.4 Å². The molecule has 1 aliphatic rings. The summed E-state index contributed by atoms with van der Waals surface area (Å²) >= 11 is 0. The zero-order chi connectivity index (χ0) is 11.8. The molecule has 0 atom stereocenters. The normalized spacial score (nSPS) is 15.4. The molecular weight excluding hydrogens is 214 g/mol. The molecule has 0 radical (unpaired) electrons. The molecule has 0 bridgehead atoms. The summed E-state index contributed by atoms with van der Waals surface area (Å²) in [7, 11) is 1.68. The fraction of sp³-hybridized carbons (Fsp3) is 0.429. The lowest BCUT2D eigenvalue weighted by atomic mass is 10.2. The van der Waals surface area contributed by atoms with Crippen LogP contribution in [0.15, 0.2) is 24.3 Å². The van der Waals surface area contributed by atoms with Crippen molar-refractivity contribution in [2.24, 2.45) is 5.92 Å². The van der Waals surface area contributed by atoms with E-state index < -0.39 is 0 Å². The van der Waals surface area contributed by atoms with Crippen molar-refractivity contribution in [3.63, 3.8) is 0 Å². The monoisotopic (exact) mass is 231 g/mol. The maximum absolute atomic E-state index is 9.43. The maximum Gasteiger partial charge on any atom is 0.119 e. The summed E-state index contributed by atoms with van der Waals surface area (Å²) in [4.78, 5) is 0. The first kappa shape index (κ1) is 10.7. The molecule has 1 aromatic carbocycles. The third-order valence-corrected chi connectivity index (χ3v) is 3.49. The minimum absolute atomic E-state index is 0.101. The molecule has 1 heterocycles. The van der Waals surface area contributed by atoms with Crippen LogP contribution >= 0.6 is 0 Å². The van der Waals surface area contributed by atoms with E-state index in [1.807, 2.05) is 12.1 Å². The second-order valence-electron chi connectivity index (χ2n) is 4.77. The van der Waals surface area contributed by atoms with Gasteiger partial charge in [0.25, 0.3) is 0 Å².